The van der Waals surface area contributed by atoms with Crippen molar-refractivity contribution in [3.8, 4) is 11.5 Å². The Morgan fingerprint density at radius 1 is 1.00 bits per heavy atom. The topological polar surface area (TPSA) is 59.5 Å². The molecule has 132 valence electrons. The Balaban J connectivity index is 1.54. The SMILES string of the molecule is Cc1nc(Nc2ccc3c(c2)OCO3)cc(N(C)Cc2ccccc2)n1. The molecule has 0 saturated carbocycles. The third kappa shape index (κ3) is 3.54. The molecule has 2 aromatic carbocycles. The lowest BCUT2D eigenvalue weighted by molar-refractivity contribution is 0.174. The number of nitrogens with one attached hydrogen (secondary N) is 1. The molecule has 0 saturated heterocycles. The van der Waals surface area contributed by atoms with E-state index in [-0.39, 0.29) is 6.79 Å². The van der Waals surface area contributed by atoms with Crippen LogP contribution in [-0.2, 0) is 6.54 Å². The number of aryl methyl sites for hydroxylation is 1. The minimum absolute atomic E-state index is 0.264. The summed E-state index contributed by atoms with van der Waals surface area (Å²) in [6, 6.07) is 18.0. The molecule has 0 unspecified atom stereocenters. The summed E-state index contributed by atoms with van der Waals surface area (Å²) in [7, 11) is 2.03. The average molecular weight is 348 g/mol. The summed E-state index contributed by atoms with van der Waals surface area (Å²) in [5.74, 6) is 3.82. The molecule has 0 radical (unpaired) electrons. The van der Waals surface area contributed by atoms with Crippen molar-refractivity contribution in [1.29, 1.82) is 0 Å². The number of nitrogens with zero attached hydrogens (tertiary/aromatic N) is 3. The van der Waals surface area contributed by atoms with E-state index in [1.807, 2.05) is 56.4 Å². The second kappa shape index (κ2) is 6.92. The van der Waals surface area contributed by atoms with Crippen LogP contribution in [0.15, 0.2) is 54.6 Å². The van der Waals surface area contributed by atoms with E-state index in [2.05, 4.69) is 32.3 Å². The summed E-state index contributed by atoms with van der Waals surface area (Å²) in [4.78, 5) is 11.2. The molecule has 1 aromatic heterocycles. The van der Waals surface area contributed by atoms with Gasteiger partial charge in [-0.05, 0) is 24.6 Å². The van der Waals surface area contributed by atoms with Crippen LogP contribution >= 0.6 is 0 Å². The molecular formula is C20H20N4O2. The van der Waals surface area contributed by atoms with Gasteiger partial charge in [-0.1, -0.05) is 30.3 Å². The fraction of sp³-hybridized carbons (Fsp3) is 0.200. The van der Waals surface area contributed by atoms with Crippen LogP contribution in [0.3, 0.4) is 0 Å². The van der Waals surface area contributed by atoms with E-state index in [1.165, 1.54) is 5.56 Å². The summed E-state index contributed by atoms with van der Waals surface area (Å²) >= 11 is 0. The van der Waals surface area contributed by atoms with E-state index >= 15 is 0 Å². The van der Waals surface area contributed by atoms with E-state index in [1.54, 1.807) is 0 Å². The minimum Gasteiger partial charge on any atom is -0.454 e. The molecule has 6 heteroatoms. The Labute approximate surface area is 152 Å². The molecule has 2 heterocycles. The van der Waals surface area contributed by atoms with Crippen LogP contribution in [0.5, 0.6) is 11.5 Å². The Morgan fingerprint density at radius 3 is 2.65 bits per heavy atom. The van der Waals surface area contributed by atoms with Crippen molar-refractivity contribution in [2.45, 2.75) is 13.5 Å². The molecule has 0 amide bonds. The molecule has 4 rings (SSSR count). The summed E-state index contributed by atoms with van der Waals surface area (Å²) in [6.45, 7) is 2.94. The molecule has 6 nitrogen and oxygen atoms in total. The third-order valence-corrected chi connectivity index (χ3v) is 4.12. The molecule has 0 aliphatic carbocycles. The summed E-state index contributed by atoms with van der Waals surface area (Å²) < 4.78 is 10.8. The van der Waals surface area contributed by atoms with Crippen molar-refractivity contribution in [2.75, 3.05) is 24.1 Å². The monoisotopic (exact) mass is 348 g/mol. The largest absolute Gasteiger partial charge is 0.454 e. The molecule has 1 aliphatic rings. The number of fused-ring (bicyclic) bond motifs is 1. The average Bonchev–Trinajstić information content (AvgIpc) is 3.10. The van der Waals surface area contributed by atoms with Crippen LogP contribution in [0.2, 0.25) is 0 Å². The van der Waals surface area contributed by atoms with E-state index in [4.69, 9.17) is 9.47 Å². The van der Waals surface area contributed by atoms with Crippen molar-refractivity contribution < 1.29 is 9.47 Å². The number of ether oxygens (including phenoxy) is 2. The number of anilines is 3. The predicted molar refractivity (Wildman–Crippen MR) is 101 cm³/mol. The first-order valence-corrected chi connectivity index (χ1v) is 8.45. The third-order valence-electron chi connectivity index (χ3n) is 4.12. The maximum Gasteiger partial charge on any atom is 0.231 e. The molecule has 0 bridgehead atoms. The zero-order valence-corrected chi connectivity index (χ0v) is 14.8. The lowest BCUT2D eigenvalue weighted by Crippen LogP contribution is -2.18. The zero-order valence-electron chi connectivity index (χ0n) is 14.8. The van der Waals surface area contributed by atoms with E-state index in [9.17, 15) is 0 Å². The van der Waals surface area contributed by atoms with Crippen molar-refractivity contribution in [3.05, 3.63) is 66.0 Å². The highest BCUT2D eigenvalue weighted by atomic mass is 16.7. The van der Waals surface area contributed by atoms with Crippen molar-refractivity contribution in [1.82, 2.24) is 9.97 Å². The lowest BCUT2D eigenvalue weighted by Gasteiger charge is -2.19. The summed E-state index contributed by atoms with van der Waals surface area (Å²) in [5.41, 5.74) is 2.13. The Hall–Kier alpha value is -3.28. The van der Waals surface area contributed by atoms with Gasteiger partial charge in [-0.25, -0.2) is 9.97 Å². The van der Waals surface area contributed by atoms with Crippen LogP contribution in [0.25, 0.3) is 0 Å². The highest BCUT2D eigenvalue weighted by molar-refractivity contribution is 5.63. The van der Waals surface area contributed by atoms with Gasteiger partial charge < -0.3 is 19.7 Å². The van der Waals surface area contributed by atoms with Gasteiger partial charge in [0.2, 0.25) is 6.79 Å². The zero-order chi connectivity index (χ0) is 17.9. The predicted octanol–water partition coefficient (Wildman–Crippen LogP) is 3.89. The van der Waals surface area contributed by atoms with E-state index < -0.39 is 0 Å². The van der Waals surface area contributed by atoms with Gasteiger partial charge in [0.1, 0.15) is 17.5 Å². The number of hydrogen-bond donors (Lipinski definition) is 1. The van der Waals surface area contributed by atoms with Crippen molar-refractivity contribution in [3.63, 3.8) is 0 Å². The molecule has 1 N–H and O–H groups in total. The van der Waals surface area contributed by atoms with Gasteiger partial charge in [0.15, 0.2) is 11.5 Å². The van der Waals surface area contributed by atoms with Gasteiger partial charge in [-0.3, -0.25) is 0 Å². The van der Waals surface area contributed by atoms with Crippen molar-refractivity contribution in [2.24, 2.45) is 0 Å². The van der Waals surface area contributed by atoms with Crippen LogP contribution < -0.4 is 19.7 Å². The molecule has 0 spiro atoms. The molecular weight excluding hydrogens is 328 g/mol. The van der Waals surface area contributed by atoms with Gasteiger partial charge >= 0.3 is 0 Å². The standard InChI is InChI=1S/C20H20N4O2/c1-14-21-19(23-16-8-9-17-18(10-16)26-13-25-17)11-20(22-14)24(2)12-15-6-4-3-5-7-15/h3-11H,12-13H2,1-2H3,(H,21,22,23). The van der Waals surface area contributed by atoms with Crippen LogP contribution in [-0.4, -0.2) is 23.8 Å². The number of benzene rings is 2. The first-order chi connectivity index (χ1) is 12.7. The number of rotatable bonds is 5. The van der Waals surface area contributed by atoms with Gasteiger partial charge in [-0.2, -0.15) is 0 Å². The summed E-state index contributed by atoms with van der Waals surface area (Å²) in [5, 5.41) is 3.32. The molecule has 26 heavy (non-hydrogen) atoms. The lowest BCUT2D eigenvalue weighted by atomic mass is 10.2. The maximum absolute atomic E-state index is 5.43. The molecule has 0 fully saturated rings. The van der Waals surface area contributed by atoms with Gasteiger partial charge in [-0.15, -0.1) is 0 Å². The normalized spacial score (nSPS) is 12.1. The number of aromatic nitrogens is 2. The van der Waals surface area contributed by atoms with Crippen LogP contribution in [0.1, 0.15) is 11.4 Å². The maximum atomic E-state index is 5.43. The van der Waals surface area contributed by atoms with E-state index in [0.717, 1.165) is 35.4 Å². The fourth-order valence-electron chi connectivity index (χ4n) is 2.87. The van der Waals surface area contributed by atoms with Crippen molar-refractivity contribution >= 4 is 17.3 Å². The summed E-state index contributed by atoms with van der Waals surface area (Å²) in [6.07, 6.45) is 0. The van der Waals surface area contributed by atoms with Gasteiger partial charge in [0, 0.05) is 31.4 Å². The van der Waals surface area contributed by atoms with Crippen LogP contribution in [0, 0.1) is 6.92 Å². The number of hydrogen-bond acceptors (Lipinski definition) is 6. The molecule has 3 aromatic rings. The second-order valence-corrected chi connectivity index (χ2v) is 6.19. The Morgan fingerprint density at radius 2 is 1.81 bits per heavy atom. The van der Waals surface area contributed by atoms with Gasteiger partial charge in [0.25, 0.3) is 0 Å². The van der Waals surface area contributed by atoms with E-state index in [0.29, 0.717) is 5.82 Å². The highest BCUT2D eigenvalue weighted by Crippen LogP contribution is 2.35. The van der Waals surface area contributed by atoms with Gasteiger partial charge in [0.05, 0.1) is 0 Å². The van der Waals surface area contributed by atoms with Crippen LogP contribution in [0.4, 0.5) is 17.3 Å². The fourth-order valence-corrected chi connectivity index (χ4v) is 2.87. The Bertz CT molecular complexity index is 915. The second-order valence-electron chi connectivity index (χ2n) is 6.19. The molecule has 0 atom stereocenters. The first kappa shape index (κ1) is 16.2. The smallest absolute Gasteiger partial charge is 0.231 e. The first-order valence-electron chi connectivity index (χ1n) is 8.45. The molecule has 1 aliphatic heterocycles. The quantitative estimate of drug-likeness (QED) is 0.755. The minimum atomic E-state index is 0.264. The highest BCUT2D eigenvalue weighted by Gasteiger charge is 2.14. The Kier molecular flexibility index (Phi) is 4.31.